The number of halogens is 3. The van der Waals surface area contributed by atoms with Gasteiger partial charge in [-0.2, -0.15) is 25.6 Å². The van der Waals surface area contributed by atoms with Crippen LogP contribution >= 0.6 is 11.8 Å². The molecule has 0 aliphatic carbocycles. The number of fused-ring (bicyclic) bond motifs is 1. The molecule has 0 atom stereocenters. The number of rotatable bonds is 6. The molecule has 0 amide bonds. The Kier molecular flexibility index (Phi) is 7.35. The Bertz CT molecular complexity index is 1140. The minimum Gasteiger partial charge on any atom is -0.435 e. The molecular formula is C22H25F3N4O3S. The number of nitrogens with one attached hydrogen (secondary N) is 1. The van der Waals surface area contributed by atoms with Gasteiger partial charge in [0.15, 0.2) is 11.9 Å². The average Bonchev–Trinajstić information content (AvgIpc) is 3.12. The van der Waals surface area contributed by atoms with Crippen LogP contribution in [0.4, 0.5) is 13.2 Å². The lowest BCUT2D eigenvalue weighted by Crippen LogP contribution is -2.51. The minimum absolute atomic E-state index is 0.154. The number of benzene rings is 1. The van der Waals surface area contributed by atoms with Gasteiger partial charge >= 0.3 is 6.61 Å². The van der Waals surface area contributed by atoms with Gasteiger partial charge in [-0.05, 0) is 46.0 Å². The van der Waals surface area contributed by atoms with E-state index in [0.717, 1.165) is 22.9 Å². The van der Waals surface area contributed by atoms with Gasteiger partial charge in [-0.25, -0.2) is 14.1 Å². The molecule has 7 nitrogen and oxygen atoms in total. The maximum atomic E-state index is 14.3. The number of nitrogens with zero attached hydrogens (tertiary/aromatic N) is 3. The van der Waals surface area contributed by atoms with Crippen molar-refractivity contribution in [2.75, 3.05) is 18.6 Å². The van der Waals surface area contributed by atoms with E-state index in [0.29, 0.717) is 17.2 Å². The van der Waals surface area contributed by atoms with Crippen molar-refractivity contribution in [3.05, 3.63) is 47.5 Å². The zero-order valence-corrected chi connectivity index (χ0v) is 19.4. The zero-order chi connectivity index (χ0) is 24.4. The smallest absolute Gasteiger partial charge is 0.387 e. The highest BCUT2D eigenvalue weighted by Gasteiger charge is 2.30. The van der Waals surface area contributed by atoms with Crippen molar-refractivity contribution in [2.24, 2.45) is 0 Å². The number of alkyl halides is 2. The van der Waals surface area contributed by atoms with Crippen molar-refractivity contribution in [1.82, 2.24) is 20.1 Å². The first kappa shape index (κ1) is 25.0. The molecule has 2 N–H and O–H groups in total. The van der Waals surface area contributed by atoms with E-state index >= 15 is 0 Å². The number of aromatic nitrogens is 3. The molecule has 0 radical (unpaired) electrons. The molecule has 4 rings (SSSR count). The Labute approximate surface area is 193 Å². The van der Waals surface area contributed by atoms with Crippen LogP contribution in [0, 0.1) is 5.82 Å². The number of pyridine rings is 1. The highest BCUT2D eigenvalue weighted by molar-refractivity contribution is 8.00. The Hall–Kier alpha value is -2.63. The van der Waals surface area contributed by atoms with Crippen molar-refractivity contribution in [1.29, 1.82) is 0 Å². The van der Waals surface area contributed by atoms with Crippen LogP contribution in [0.15, 0.2) is 30.5 Å². The van der Waals surface area contributed by atoms with Crippen LogP contribution in [-0.2, 0) is 5.60 Å². The van der Waals surface area contributed by atoms with E-state index in [1.807, 2.05) is 18.8 Å². The predicted molar refractivity (Wildman–Crippen MR) is 121 cm³/mol. The highest BCUT2D eigenvalue weighted by atomic mass is 32.2. The third kappa shape index (κ3) is 5.66. The molecule has 1 saturated heterocycles. The molecule has 3 aromatic rings. The summed E-state index contributed by atoms with van der Waals surface area (Å²) in [7, 11) is 2.03. The van der Waals surface area contributed by atoms with Gasteiger partial charge in [-0.1, -0.05) is 0 Å². The molecule has 11 heteroatoms. The van der Waals surface area contributed by atoms with Gasteiger partial charge in [-0.15, -0.1) is 0 Å². The molecule has 1 aliphatic rings. The molecule has 1 aromatic carbocycles. The van der Waals surface area contributed by atoms with E-state index in [4.69, 9.17) is 0 Å². The summed E-state index contributed by atoms with van der Waals surface area (Å²) in [5.41, 5.74) is -0.567. The summed E-state index contributed by atoms with van der Waals surface area (Å²) in [6.45, 7) is 2.13. The molecular weight excluding hydrogens is 457 g/mol. The first-order valence-electron chi connectivity index (χ1n) is 10.1. The number of thioether (sulfide) groups is 1. The van der Waals surface area contributed by atoms with Crippen LogP contribution in [0.2, 0.25) is 0 Å². The van der Waals surface area contributed by atoms with Crippen molar-refractivity contribution >= 4 is 29.1 Å². The molecule has 1 fully saturated rings. The molecule has 3 heterocycles. The number of aldehydes is 1. The van der Waals surface area contributed by atoms with Crippen LogP contribution in [0.5, 0.6) is 5.75 Å². The maximum absolute atomic E-state index is 14.3. The molecule has 0 bridgehead atoms. The molecule has 0 saturated carbocycles. The molecule has 2 aromatic heterocycles. The first-order chi connectivity index (χ1) is 15.5. The van der Waals surface area contributed by atoms with Crippen LogP contribution in [0.25, 0.3) is 16.7 Å². The Balaban J connectivity index is 0.000000374. The minimum atomic E-state index is -3.07. The fourth-order valence-electron chi connectivity index (χ4n) is 3.09. The standard InChI is InChI=1S/C17H14F3N3O3.C5H11NS/c1-17(2,25)14-11-5-9(8-24)7-21-15(11)23(22-14)13-6-10(26-16(19)20)3-4-12(13)18;1-5(6-2)3-7-4-5/h3-8,16,25H,1-2H3;6H,3-4H2,1-2H3. The summed E-state index contributed by atoms with van der Waals surface area (Å²) in [5, 5.41) is 18.1. The summed E-state index contributed by atoms with van der Waals surface area (Å²) < 4.78 is 44.6. The Morgan fingerprint density at radius 1 is 1.33 bits per heavy atom. The third-order valence-corrected chi connectivity index (χ3v) is 6.76. The van der Waals surface area contributed by atoms with Crippen molar-refractivity contribution in [3.63, 3.8) is 0 Å². The van der Waals surface area contributed by atoms with Crippen LogP contribution in [-0.4, -0.2) is 56.9 Å². The quantitative estimate of drug-likeness (QED) is 0.515. The number of ether oxygens (including phenoxy) is 1. The Morgan fingerprint density at radius 2 is 2.03 bits per heavy atom. The van der Waals surface area contributed by atoms with Gasteiger partial charge in [0.25, 0.3) is 0 Å². The maximum Gasteiger partial charge on any atom is 0.387 e. The molecule has 178 valence electrons. The van der Waals surface area contributed by atoms with Crippen molar-refractivity contribution < 1.29 is 27.8 Å². The number of carbonyl (C=O) groups excluding carboxylic acids is 1. The lowest BCUT2D eigenvalue weighted by atomic mass is 10.0. The zero-order valence-electron chi connectivity index (χ0n) is 18.6. The van der Waals surface area contributed by atoms with Crippen LogP contribution < -0.4 is 10.1 Å². The van der Waals surface area contributed by atoms with E-state index in [9.17, 15) is 23.1 Å². The monoisotopic (exact) mass is 482 g/mol. The summed E-state index contributed by atoms with van der Waals surface area (Å²) in [5.74, 6) is 1.56. The SMILES string of the molecule is CC(C)(O)c1nn(-c2cc(OC(F)F)ccc2F)c2ncc(C=O)cc12.CNC1(C)CSC1. The average molecular weight is 483 g/mol. The lowest BCUT2D eigenvalue weighted by Gasteiger charge is -2.37. The molecule has 33 heavy (non-hydrogen) atoms. The predicted octanol–water partition coefficient (Wildman–Crippen LogP) is 3.91. The fourth-order valence-corrected chi connectivity index (χ4v) is 4.19. The largest absolute Gasteiger partial charge is 0.435 e. The van der Waals surface area contributed by atoms with Crippen molar-refractivity contribution in [2.45, 2.75) is 38.5 Å². The van der Waals surface area contributed by atoms with E-state index in [1.165, 1.54) is 37.6 Å². The van der Waals surface area contributed by atoms with Gasteiger partial charge in [0.05, 0.1) is 0 Å². The van der Waals surface area contributed by atoms with Crippen molar-refractivity contribution in [3.8, 4) is 11.4 Å². The topological polar surface area (TPSA) is 89.3 Å². The molecule has 0 unspecified atom stereocenters. The van der Waals surface area contributed by atoms with Gasteiger partial charge in [0, 0.05) is 40.3 Å². The van der Waals surface area contributed by atoms with Gasteiger partial charge < -0.3 is 15.2 Å². The summed E-state index contributed by atoms with van der Waals surface area (Å²) in [4.78, 5) is 15.1. The summed E-state index contributed by atoms with van der Waals surface area (Å²) >= 11 is 2.01. The number of hydrogen-bond donors (Lipinski definition) is 2. The van der Waals surface area contributed by atoms with Crippen LogP contribution in [0.1, 0.15) is 36.8 Å². The second kappa shape index (κ2) is 9.70. The highest BCUT2D eigenvalue weighted by Crippen LogP contribution is 2.31. The molecule has 0 spiro atoms. The fraction of sp³-hybridized carbons (Fsp3) is 0.409. The first-order valence-corrected chi connectivity index (χ1v) is 11.2. The van der Waals surface area contributed by atoms with E-state index in [-0.39, 0.29) is 28.3 Å². The van der Waals surface area contributed by atoms with E-state index in [1.54, 1.807) is 0 Å². The summed E-state index contributed by atoms with van der Waals surface area (Å²) in [6.07, 6.45) is 1.84. The molecule has 1 aliphatic heterocycles. The number of hydrogen-bond acceptors (Lipinski definition) is 7. The second-order valence-corrected chi connectivity index (χ2v) is 9.36. The van der Waals surface area contributed by atoms with Crippen LogP contribution in [0.3, 0.4) is 0 Å². The lowest BCUT2D eigenvalue weighted by molar-refractivity contribution is -0.0498. The van der Waals surface area contributed by atoms with Gasteiger partial charge in [-0.3, -0.25) is 4.79 Å². The Morgan fingerprint density at radius 3 is 2.52 bits per heavy atom. The van der Waals surface area contributed by atoms with E-state index < -0.39 is 18.0 Å². The van der Waals surface area contributed by atoms with Gasteiger partial charge in [0.1, 0.15) is 28.5 Å². The van der Waals surface area contributed by atoms with Gasteiger partial charge in [0.2, 0.25) is 0 Å². The normalized spacial score (nSPS) is 15.1. The third-order valence-electron chi connectivity index (χ3n) is 5.07. The summed E-state index contributed by atoms with van der Waals surface area (Å²) in [6, 6.07) is 4.54. The number of aliphatic hydroxyl groups is 1. The number of carbonyl (C=O) groups is 1. The van der Waals surface area contributed by atoms with E-state index in [2.05, 4.69) is 27.1 Å². The second-order valence-electron chi connectivity index (χ2n) is 8.37.